The monoisotopic (exact) mass is 484 g/mol. The van der Waals surface area contributed by atoms with Crippen molar-refractivity contribution in [3.05, 3.63) is 88.4 Å². The van der Waals surface area contributed by atoms with E-state index in [-0.39, 0.29) is 16.2 Å². The zero-order valence-corrected chi connectivity index (χ0v) is 20.8. The fraction of sp³-hybridized carbons (Fsp3) is 0.269. The van der Waals surface area contributed by atoms with E-state index in [9.17, 15) is 13.2 Å². The molecule has 0 fully saturated rings. The Morgan fingerprint density at radius 2 is 1.52 bits per heavy atom. The first-order valence-electron chi connectivity index (χ1n) is 10.7. The van der Waals surface area contributed by atoms with Crippen molar-refractivity contribution in [1.82, 2.24) is 0 Å². The van der Waals surface area contributed by atoms with Gasteiger partial charge in [0.15, 0.2) is 0 Å². The van der Waals surface area contributed by atoms with Gasteiger partial charge in [-0.3, -0.25) is 9.52 Å². The topological polar surface area (TPSA) is 75.3 Å². The maximum Gasteiger partial charge on any atom is 0.261 e. The molecule has 0 bridgehead atoms. The first-order valence-corrected chi connectivity index (χ1v) is 12.6. The molecule has 0 saturated heterocycles. The molecule has 5 nitrogen and oxygen atoms in total. The Kier molecular flexibility index (Phi) is 7.50. The lowest BCUT2D eigenvalue weighted by Crippen LogP contribution is -2.14. The summed E-state index contributed by atoms with van der Waals surface area (Å²) in [6.07, 6.45) is 0.969. The SMILES string of the molecule is Cc1ccc(NS(=O)(=O)c2ccc(NC(=O)CCc3ccc(C(C)(C)C)cc3)cc2)cc1Cl. The largest absolute Gasteiger partial charge is 0.326 e. The van der Waals surface area contributed by atoms with Crippen molar-refractivity contribution >= 4 is 38.9 Å². The van der Waals surface area contributed by atoms with Gasteiger partial charge in [0.1, 0.15) is 0 Å². The molecule has 0 aromatic heterocycles. The molecule has 0 spiro atoms. The van der Waals surface area contributed by atoms with Gasteiger partial charge in [0, 0.05) is 17.1 Å². The van der Waals surface area contributed by atoms with Gasteiger partial charge in [-0.2, -0.15) is 0 Å². The molecule has 0 atom stereocenters. The van der Waals surface area contributed by atoms with Gasteiger partial charge in [-0.25, -0.2) is 8.42 Å². The van der Waals surface area contributed by atoms with E-state index in [1.165, 1.54) is 17.7 Å². The molecule has 33 heavy (non-hydrogen) atoms. The van der Waals surface area contributed by atoms with Crippen LogP contribution in [0.15, 0.2) is 71.6 Å². The number of rotatable bonds is 7. The van der Waals surface area contributed by atoms with Crippen LogP contribution in [0.5, 0.6) is 0 Å². The van der Waals surface area contributed by atoms with E-state index in [2.05, 4.69) is 55.1 Å². The van der Waals surface area contributed by atoms with E-state index in [1.54, 1.807) is 30.3 Å². The highest BCUT2D eigenvalue weighted by Crippen LogP contribution is 2.24. The Labute approximate surface area is 201 Å². The van der Waals surface area contributed by atoms with Crippen LogP contribution >= 0.6 is 11.6 Å². The third-order valence-electron chi connectivity index (χ3n) is 5.33. The van der Waals surface area contributed by atoms with E-state index in [0.29, 0.717) is 29.2 Å². The number of anilines is 2. The number of hydrogen-bond acceptors (Lipinski definition) is 3. The van der Waals surface area contributed by atoms with Crippen LogP contribution in [0.2, 0.25) is 5.02 Å². The summed E-state index contributed by atoms with van der Waals surface area (Å²) < 4.78 is 27.8. The zero-order valence-electron chi connectivity index (χ0n) is 19.3. The molecule has 0 saturated carbocycles. The van der Waals surface area contributed by atoms with Crippen molar-refractivity contribution in [2.75, 3.05) is 10.0 Å². The molecule has 2 N–H and O–H groups in total. The minimum absolute atomic E-state index is 0.0936. The van der Waals surface area contributed by atoms with Crippen LogP contribution < -0.4 is 10.0 Å². The van der Waals surface area contributed by atoms with Gasteiger partial charge in [-0.15, -0.1) is 0 Å². The Morgan fingerprint density at radius 3 is 2.09 bits per heavy atom. The maximum absolute atomic E-state index is 12.6. The zero-order chi connectivity index (χ0) is 24.2. The molecule has 0 aliphatic carbocycles. The molecular formula is C26H29ClN2O3S. The lowest BCUT2D eigenvalue weighted by molar-refractivity contribution is -0.116. The lowest BCUT2D eigenvalue weighted by atomic mass is 9.86. The summed E-state index contributed by atoms with van der Waals surface area (Å²) in [5.41, 5.74) is 4.24. The normalized spacial score (nSPS) is 11.8. The summed E-state index contributed by atoms with van der Waals surface area (Å²) >= 11 is 6.07. The van der Waals surface area contributed by atoms with E-state index in [4.69, 9.17) is 11.6 Å². The third-order valence-corrected chi connectivity index (χ3v) is 7.14. The minimum atomic E-state index is -3.77. The van der Waals surface area contributed by atoms with Crippen LogP contribution in [0, 0.1) is 6.92 Å². The molecule has 174 valence electrons. The third kappa shape index (κ3) is 6.83. The van der Waals surface area contributed by atoms with Gasteiger partial charge in [0.05, 0.1) is 10.6 Å². The maximum atomic E-state index is 12.6. The van der Waals surface area contributed by atoms with Crippen molar-refractivity contribution in [2.24, 2.45) is 0 Å². The number of carbonyl (C=O) groups excluding carboxylic acids is 1. The first-order chi connectivity index (χ1) is 15.4. The molecule has 0 radical (unpaired) electrons. The Bertz CT molecular complexity index is 1230. The first kappa shape index (κ1) is 24.8. The lowest BCUT2D eigenvalue weighted by Gasteiger charge is -2.19. The van der Waals surface area contributed by atoms with Gasteiger partial charge in [-0.1, -0.05) is 62.7 Å². The summed E-state index contributed by atoms with van der Waals surface area (Å²) in [6, 6.07) is 19.4. The number of benzene rings is 3. The Morgan fingerprint density at radius 1 is 0.909 bits per heavy atom. The average molecular weight is 485 g/mol. The van der Waals surface area contributed by atoms with Crippen molar-refractivity contribution in [3.63, 3.8) is 0 Å². The quantitative estimate of drug-likeness (QED) is 0.412. The van der Waals surface area contributed by atoms with Crippen LogP contribution in [0.25, 0.3) is 0 Å². The standard InChI is InChI=1S/C26H29ClN2O3S/c1-18-5-11-22(17-24(18)27)29-33(31,32)23-14-12-21(13-15-23)28-25(30)16-8-19-6-9-20(10-7-19)26(2,3)4/h5-7,9-15,17,29H,8,16H2,1-4H3,(H,28,30). The molecule has 0 unspecified atom stereocenters. The van der Waals surface area contributed by atoms with E-state index >= 15 is 0 Å². The summed E-state index contributed by atoms with van der Waals surface area (Å²) in [6.45, 7) is 8.34. The highest BCUT2D eigenvalue weighted by Gasteiger charge is 2.15. The van der Waals surface area contributed by atoms with Crippen LogP contribution in [-0.4, -0.2) is 14.3 Å². The van der Waals surface area contributed by atoms with Crippen LogP contribution in [0.4, 0.5) is 11.4 Å². The number of halogens is 1. The number of hydrogen-bond donors (Lipinski definition) is 2. The van der Waals surface area contributed by atoms with Gasteiger partial charge in [0.25, 0.3) is 10.0 Å². The van der Waals surface area contributed by atoms with Crippen molar-refractivity contribution < 1.29 is 13.2 Å². The second-order valence-electron chi connectivity index (χ2n) is 9.09. The smallest absolute Gasteiger partial charge is 0.261 e. The van der Waals surface area contributed by atoms with Crippen molar-refractivity contribution in [1.29, 1.82) is 0 Å². The molecule has 3 aromatic rings. The second-order valence-corrected chi connectivity index (χ2v) is 11.2. The van der Waals surface area contributed by atoms with Gasteiger partial charge in [0.2, 0.25) is 5.91 Å². The Hall–Kier alpha value is -2.83. The molecule has 0 heterocycles. The molecular weight excluding hydrogens is 456 g/mol. The molecule has 3 rings (SSSR count). The fourth-order valence-corrected chi connectivity index (χ4v) is 4.47. The molecule has 0 aliphatic heterocycles. The molecule has 1 amide bonds. The highest BCUT2D eigenvalue weighted by atomic mass is 35.5. The second kappa shape index (κ2) is 9.98. The molecule has 7 heteroatoms. The number of nitrogens with one attached hydrogen (secondary N) is 2. The van der Waals surface area contributed by atoms with Gasteiger partial charge < -0.3 is 5.32 Å². The van der Waals surface area contributed by atoms with Crippen LogP contribution in [0.3, 0.4) is 0 Å². The van der Waals surface area contributed by atoms with E-state index < -0.39 is 10.0 Å². The fourth-order valence-electron chi connectivity index (χ4n) is 3.24. The summed E-state index contributed by atoms with van der Waals surface area (Å²) in [5, 5.41) is 3.30. The number of carbonyl (C=O) groups is 1. The predicted octanol–water partition coefficient (Wildman–Crippen LogP) is 6.32. The van der Waals surface area contributed by atoms with Crippen LogP contribution in [0.1, 0.15) is 43.9 Å². The summed E-state index contributed by atoms with van der Waals surface area (Å²) in [4.78, 5) is 12.4. The van der Waals surface area contributed by atoms with Gasteiger partial charge in [-0.05, 0) is 71.8 Å². The Balaban J connectivity index is 1.57. The summed E-state index contributed by atoms with van der Waals surface area (Å²) in [7, 11) is -3.77. The average Bonchev–Trinajstić information content (AvgIpc) is 2.75. The van der Waals surface area contributed by atoms with Crippen LogP contribution in [-0.2, 0) is 26.7 Å². The van der Waals surface area contributed by atoms with Crippen molar-refractivity contribution in [2.45, 2.75) is 50.8 Å². The number of amides is 1. The highest BCUT2D eigenvalue weighted by molar-refractivity contribution is 7.92. The predicted molar refractivity (Wildman–Crippen MR) is 136 cm³/mol. The summed E-state index contributed by atoms with van der Waals surface area (Å²) in [5.74, 6) is -0.127. The van der Waals surface area contributed by atoms with E-state index in [1.807, 2.05) is 6.92 Å². The molecule has 3 aromatic carbocycles. The van der Waals surface area contributed by atoms with Gasteiger partial charge >= 0.3 is 0 Å². The van der Waals surface area contributed by atoms with E-state index in [0.717, 1.165) is 11.1 Å². The van der Waals surface area contributed by atoms with Crippen molar-refractivity contribution in [3.8, 4) is 0 Å². The number of aryl methyl sites for hydroxylation is 2. The molecule has 0 aliphatic rings. The minimum Gasteiger partial charge on any atom is -0.326 e. The number of sulfonamides is 1.